The van der Waals surface area contributed by atoms with Gasteiger partial charge in [0.25, 0.3) is 0 Å². The minimum Gasteiger partial charge on any atom is -0.493 e. The monoisotopic (exact) mass is 284 g/mol. The summed E-state index contributed by atoms with van der Waals surface area (Å²) in [6, 6.07) is 3.32. The molecule has 0 fully saturated rings. The molecule has 0 radical (unpaired) electrons. The van der Waals surface area contributed by atoms with E-state index in [9.17, 15) is 9.90 Å². The van der Waals surface area contributed by atoms with Crippen molar-refractivity contribution >= 4 is 5.78 Å². The van der Waals surface area contributed by atoms with Crippen LogP contribution in [-0.2, 0) is 6.61 Å². The Kier molecular flexibility index (Phi) is 9.73. The lowest BCUT2D eigenvalue weighted by molar-refractivity contribution is 0.0926. The number of hydrogen-bond donors (Lipinski definition) is 1. The lowest BCUT2D eigenvalue weighted by Gasteiger charge is -2.15. The minimum absolute atomic E-state index is 0. The van der Waals surface area contributed by atoms with Gasteiger partial charge in [-0.25, -0.2) is 0 Å². The van der Waals surface area contributed by atoms with Crippen LogP contribution in [0.1, 0.15) is 51.0 Å². The van der Waals surface area contributed by atoms with E-state index in [0.717, 1.165) is 6.42 Å². The minimum atomic E-state index is -0.193. The molecule has 0 aliphatic carbocycles. The summed E-state index contributed by atoms with van der Waals surface area (Å²) < 4.78 is 10.4. The standard InChI is InChI=1S/C14H20O4.2CH4/c1-5-9(2)13(16)10-6-11(8-15)14(18-4)12(7-10)17-3;;/h6-7,9,15H,5,8H2,1-4H3;2*1H4. The Bertz CT molecular complexity index is 401. The molecule has 4 nitrogen and oxygen atoms in total. The number of aliphatic hydroxyl groups excluding tert-OH is 1. The molecular weight excluding hydrogens is 256 g/mol. The maximum atomic E-state index is 12.1. The average molecular weight is 284 g/mol. The van der Waals surface area contributed by atoms with Gasteiger partial charge in [0.15, 0.2) is 17.3 Å². The van der Waals surface area contributed by atoms with E-state index in [2.05, 4.69) is 0 Å². The number of aliphatic hydroxyl groups is 1. The van der Waals surface area contributed by atoms with Gasteiger partial charge in [-0.05, 0) is 18.6 Å². The first kappa shape index (κ1) is 20.8. The second-order valence-corrected chi connectivity index (χ2v) is 4.20. The zero-order valence-electron chi connectivity index (χ0n) is 11.3. The number of rotatable bonds is 6. The molecule has 1 aromatic rings. The number of methoxy groups -OCH3 is 2. The van der Waals surface area contributed by atoms with Crippen LogP contribution in [-0.4, -0.2) is 25.1 Å². The van der Waals surface area contributed by atoms with Crippen LogP contribution >= 0.6 is 0 Å². The lowest BCUT2D eigenvalue weighted by Crippen LogP contribution is -2.11. The molecule has 1 rings (SSSR count). The fourth-order valence-electron chi connectivity index (χ4n) is 1.77. The van der Waals surface area contributed by atoms with E-state index >= 15 is 0 Å². The van der Waals surface area contributed by atoms with Crippen LogP contribution in [0.15, 0.2) is 12.1 Å². The SMILES string of the molecule is C.C.CCC(C)C(=O)c1cc(CO)c(OC)c(OC)c1. The molecule has 0 aliphatic rings. The van der Waals surface area contributed by atoms with Gasteiger partial charge in [0.05, 0.1) is 20.8 Å². The molecule has 0 aromatic heterocycles. The van der Waals surface area contributed by atoms with Gasteiger partial charge >= 0.3 is 0 Å². The molecule has 4 heteroatoms. The number of ether oxygens (including phenoxy) is 2. The Balaban J connectivity index is 0. The predicted molar refractivity (Wildman–Crippen MR) is 82.7 cm³/mol. The molecule has 0 saturated heterocycles. The first-order chi connectivity index (χ1) is 8.58. The molecule has 0 spiro atoms. The Labute approximate surface area is 122 Å². The molecule has 1 unspecified atom stereocenters. The smallest absolute Gasteiger partial charge is 0.166 e. The van der Waals surface area contributed by atoms with E-state index < -0.39 is 0 Å². The zero-order chi connectivity index (χ0) is 13.7. The highest BCUT2D eigenvalue weighted by Gasteiger charge is 2.18. The van der Waals surface area contributed by atoms with Crippen LogP contribution in [0.2, 0.25) is 0 Å². The van der Waals surface area contributed by atoms with Crippen molar-refractivity contribution in [2.45, 2.75) is 41.7 Å². The molecule has 1 aromatic carbocycles. The van der Waals surface area contributed by atoms with Gasteiger partial charge < -0.3 is 14.6 Å². The summed E-state index contributed by atoms with van der Waals surface area (Å²) >= 11 is 0. The average Bonchev–Trinajstić information content (AvgIpc) is 2.43. The number of hydrogen-bond acceptors (Lipinski definition) is 4. The van der Waals surface area contributed by atoms with Crippen LogP contribution < -0.4 is 9.47 Å². The summed E-state index contributed by atoms with van der Waals surface area (Å²) in [5.41, 5.74) is 1.11. The second kappa shape index (κ2) is 9.37. The summed E-state index contributed by atoms with van der Waals surface area (Å²) in [5.74, 6) is 0.944. The lowest BCUT2D eigenvalue weighted by atomic mass is 9.95. The Morgan fingerprint density at radius 3 is 2.25 bits per heavy atom. The van der Waals surface area contributed by atoms with Gasteiger partial charge in [0, 0.05) is 17.0 Å². The quantitative estimate of drug-likeness (QED) is 0.809. The number of ketones is 1. The maximum absolute atomic E-state index is 12.1. The van der Waals surface area contributed by atoms with Crippen molar-refractivity contribution in [1.82, 2.24) is 0 Å². The molecule has 0 heterocycles. The number of carbonyl (C=O) groups is 1. The highest BCUT2D eigenvalue weighted by molar-refractivity contribution is 5.98. The van der Waals surface area contributed by atoms with Crippen LogP contribution in [0.4, 0.5) is 0 Å². The van der Waals surface area contributed by atoms with Crippen LogP contribution in [0.5, 0.6) is 11.5 Å². The van der Waals surface area contributed by atoms with Gasteiger partial charge in [0.1, 0.15) is 0 Å². The highest BCUT2D eigenvalue weighted by atomic mass is 16.5. The molecule has 20 heavy (non-hydrogen) atoms. The van der Waals surface area contributed by atoms with Crippen molar-refractivity contribution in [1.29, 1.82) is 0 Å². The van der Waals surface area contributed by atoms with Crippen molar-refractivity contribution in [3.05, 3.63) is 23.3 Å². The van der Waals surface area contributed by atoms with Gasteiger partial charge in [-0.1, -0.05) is 28.7 Å². The molecule has 0 bridgehead atoms. The Hall–Kier alpha value is -1.55. The predicted octanol–water partition coefficient (Wildman–Crippen LogP) is 3.70. The van der Waals surface area contributed by atoms with E-state index in [1.54, 1.807) is 12.1 Å². The Morgan fingerprint density at radius 1 is 1.25 bits per heavy atom. The van der Waals surface area contributed by atoms with E-state index in [0.29, 0.717) is 22.6 Å². The molecule has 116 valence electrons. The summed E-state index contributed by atoms with van der Waals surface area (Å²) in [6.07, 6.45) is 0.779. The third-order valence-electron chi connectivity index (χ3n) is 3.07. The molecule has 0 amide bonds. The fourth-order valence-corrected chi connectivity index (χ4v) is 1.77. The summed E-state index contributed by atoms with van der Waals surface area (Å²) in [4.78, 5) is 12.1. The van der Waals surface area contributed by atoms with Crippen LogP contribution in [0.25, 0.3) is 0 Å². The highest BCUT2D eigenvalue weighted by Crippen LogP contribution is 2.33. The number of benzene rings is 1. The maximum Gasteiger partial charge on any atom is 0.166 e. The van der Waals surface area contributed by atoms with Gasteiger partial charge in [-0.15, -0.1) is 0 Å². The van der Waals surface area contributed by atoms with Crippen molar-refractivity contribution in [2.75, 3.05) is 14.2 Å². The van der Waals surface area contributed by atoms with Crippen LogP contribution in [0, 0.1) is 5.92 Å². The van der Waals surface area contributed by atoms with Crippen molar-refractivity contribution < 1.29 is 19.4 Å². The molecule has 0 aliphatic heterocycles. The largest absolute Gasteiger partial charge is 0.493 e. The molecule has 0 saturated carbocycles. The first-order valence-corrected chi connectivity index (χ1v) is 5.98. The molecule has 1 atom stereocenters. The number of Topliss-reactive ketones (excluding diaryl/α,β-unsaturated/α-hetero) is 1. The second-order valence-electron chi connectivity index (χ2n) is 4.20. The first-order valence-electron chi connectivity index (χ1n) is 5.98. The van der Waals surface area contributed by atoms with E-state index in [-0.39, 0.29) is 33.2 Å². The number of carbonyl (C=O) groups excluding carboxylic acids is 1. The van der Waals surface area contributed by atoms with Crippen molar-refractivity contribution in [3.63, 3.8) is 0 Å². The van der Waals surface area contributed by atoms with Gasteiger partial charge in [0.2, 0.25) is 0 Å². The van der Waals surface area contributed by atoms with Crippen LogP contribution in [0.3, 0.4) is 0 Å². The molecule has 1 N–H and O–H groups in total. The molecular formula is C16H28O4. The van der Waals surface area contributed by atoms with E-state index in [1.807, 2.05) is 13.8 Å². The summed E-state index contributed by atoms with van der Waals surface area (Å²) in [5, 5.41) is 9.32. The Morgan fingerprint density at radius 2 is 1.85 bits per heavy atom. The van der Waals surface area contributed by atoms with E-state index in [1.165, 1.54) is 14.2 Å². The fraction of sp³-hybridized carbons (Fsp3) is 0.562. The van der Waals surface area contributed by atoms with Gasteiger partial charge in [-0.3, -0.25) is 4.79 Å². The van der Waals surface area contributed by atoms with E-state index in [4.69, 9.17) is 9.47 Å². The topological polar surface area (TPSA) is 55.8 Å². The summed E-state index contributed by atoms with van der Waals surface area (Å²) in [7, 11) is 3.02. The van der Waals surface area contributed by atoms with Gasteiger partial charge in [-0.2, -0.15) is 0 Å². The zero-order valence-corrected chi connectivity index (χ0v) is 11.3. The third kappa shape index (κ3) is 4.23. The third-order valence-corrected chi connectivity index (χ3v) is 3.07. The normalized spacial score (nSPS) is 10.8. The summed E-state index contributed by atoms with van der Waals surface area (Å²) in [6.45, 7) is 3.66. The van der Waals surface area contributed by atoms with Crippen molar-refractivity contribution in [3.8, 4) is 11.5 Å². The van der Waals surface area contributed by atoms with Crippen molar-refractivity contribution in [2.24, 2.45) is 5.92 Å².